The van der Waals surface area contributed by atoms with E-state index in [4.69, 9.17) is 14.2 Å². The van der Waals surface area contributed by atoms with Gasteiger partial charge in [-0.05, 0) is 45.4 Å². The fourth-order valence-electron chi connectivity index (χ4n) is 3.32. The highest BCUT2D eigenvalue weighted by Gasteiger charge is 2.26. The van der Waals surface area contributed by atoms with Crippen LogP contribution >= 0.6 is 7.92 Å². The van der Waals surface area contributed by atoms with Crippen molar-refractivity contribution in [1.29, 1.82) is 0 Å². The van der Waals surface area contributed by atoms with Gasteiger partial charge >= 0.3 is 0 Å². The van der Waals surface area contributed by atoms with Gasteiger partial charge in [-0.1, -0.05) is 75.4 Å². The van der Waals surface area contributed by atoms with Crippen LogP contribution in [0.5, 0.6) is 17.2 Å². The molecule has 0 heterocycles. The Morgan fingerprint density at radius 1 is 0.484 bits per heavy atom. The second-order valence-electron chi connectivity index (χ2n) is 7.28. The van der Waals surface area contributed by atoms with Crippen molar-refractivity contribution >= 4 is 23.8 Å². The summed E-state index contributed by atoms with van der Waals surface area (Å²) in [5, 5.41) is 3.56. The second-order valence-corrected chi connectivity index (χ2v) is 9.40. The third-order valence-corrected chi connectivity index (χ3v) is 7.26. The van der Waals surface area contributed by atoms with Crippen molar-refractivity contribution < 1.29 is 14.2 Å². The molecular formula is C27H33O3P. The maximum atomic E-state index is 6.19. The van der Waals surface area contributed by atoms with Crippen LogP contribution in [0.25, 0.3) is 0 Å². The smallest absolute Gasteiger partial charge is 0.127 e. The number of rotatable bonds is 12. The van der Waals surface area contributed by atoms with Gasteiger partial charge in [0.25, 0.3) is 0 Å². The molecular weight excluding hydrogens is 403 g/mol. The highest BCUT2D eigenvalue weighted by molar-refractivity contribution is 7.80. The topological polar surface area (TPSA) is 27.7 Å². The van der Waals surface area contributed by atoms with Gasteiger partial charge in [0.05, 0.1) is 19.8 Å². The minimum atomic E-state index is -0.933. The Morgan fingerprint density at radius 3 is 1.06 bits per heavy atom. The number of hydrogen-bond donors (Lipinski definition) is 0. The Balaban J connectivity index is 2.18. The molecule has 0 aliphatic rings. The summed E-state index contributed by atoms with van der Waals surface area (Å²) in [5.74, 6) is 2.81. The predicted octanol–water partition coefficient (Wildman–Crippen LogP) is 5.81. The molecule has 3 nitrogen and oxygen atoms in total. The van der Waals surface area contributed by atoms with Crippen LogP contribution in [0.1, 0.15) is 40.0 Å². The first-order valence-electron chi connectivity index (χ1n) is 11.3. The average Bonchev–Trinajstić information content (AvgIpc) is 2.82. The SMILES string of the molecule is CCCOc1ccccc1P(c1ccccc1OCCC)c1ccccc1OCCC. The highest BCUT2D eigenvalue weighted by atomic mass is 31.1. The zero-order chi connectivity index (χ0) is 21.9. The van der Waals surface area contributed by atoms with Gasteiger partial charge in [-0.15, -0.1) is 0 Å². The van der Waals surface area contributed by atoms with E-state index in [1.54, 1.807) is 0 Å². The summed E-state index contributed by atoms with van der Waals surface area (Å²) in [7, 11) is -0.933. The number of para-hydroxylation sites is 3. The van der Waals surface area contributed by atoms with E-state index in [1.807, 2.05) is 18.2 Å². The van der Waals surface area contributed by atoms with Gasteiger partial charge in [0.2, 0.25) is 0 Å². The zero-order valence-electron chi connectivity index (χ0n) is 18.8. The Kier molecular flexibility index (Phi) is 9.24. The van der Waals surface area contributed by atoms with Gasteiger partial charge in [0.1, 0.15) is 17.2 Å². The number of hydrogen-bond acceptors (Lipinski definition) is 3. The Morgan fingerprint density at radius 2 is 0.774 bits per heavy atom. The Labute approximate surface area is 188 Å². The van der Waals surface area contributed by atoms with Crippen molar-refractivity contribution in [1.82, 2.24) is 0 Å². The van der Waals surface area contributed by atoms with E-state index in [2.05, 4.69) is 75.4 Å². The standard InChI is InChI=1S/C27H33O3P/c1-4-19-28-22-13-7-10-16-25(22)31(26-17-11-8-14-23(26)29-20-5-2)27-18-12-9-15-24(27)30-21-6-3/h7-18H,4-6,19-21H2,1-3H3. The summed E-state index contributed by atoms with van der Waals surface area (Å²) in [6, 6.07) is 25.2. The molecule has 3 aromatic carbocycles. The molecule has 0 fully saturated rings. The monoisotopic (exact) mass is 436 g/mol. The van der Waals surface area contributed by atoms with E-state index in [1.165, 1.54) is 15.9 Å². The van der Waals surface area contributed by atoms with Gasteiger partial charge in [-0.25, -0.2) is 0 Å². The lowest BCUT2D eigenvalue weighted by molar-refractivity contribution is 0.319. The highest BCUT2D eigenvalue weighted by Crippen LogP contribution is 2.42. The quantitative estimate of drug-likeness (QED) is 0.335. The molecule has 164 valence electrons. The lowest BCUT2D eigenvalue weighted by Gasteiger charge is -2.26. The number of ether oxygens (including phenoxy) is 3. The average molecular weight is 437 g/mol. The second kappa shape index (κ2) is 12.4. The molecule has 31 heavy (non-hydrogen) atoms. The van der Waals surface area contributed by atoms with E-state index >= 15 is 0 Å². The molecule has 0 saturated carbocycles. The normalized spacial score (nSPS) is 10.8. The molecule has 0 amide bonds. The van der Waals surface area contributed by atoms with Crippen LogP contribution in [0.3, 0.4) is 0 Å². The van der Waals surface area contributed by atoms with Gasteiger partial charge in [-0.3, -0.25) is 0 Å². The third-order valence-electron chi connectivity index (χ3n) is 4.70. The van der Waals surface area contributed by atoms with Crippen LogP contribution in [-0.2, 0) is 0 Å². The van der Waals surface area contributed by atoms with Crippen molar-refractivity contribution in [2.24, 2.45) is 0 Å². The first-order chi connectivity index (χ1) is 15.3. The van der Waals surface area contributed by atoms with Crippen LogP contribution < -0.4 is 30.1 Å². The summed E-state index contributed by atoms with van der Waals surface area (Å²) in [4.78, 5) is 0. The zero-order valence-corrected chi connectivity index (χ0v) is 19.7. The first kappa shape index (κ1) is 23.2. The molecule has 0 aromatic heterocycles. The molecule has 0 unspecified atom stereocenters. The van der Waals surface area contributed by atoms with Crippen LogP contribution in [0.15, 0.2) is 72.8 Å². The molecule has 0 radical (unpaired) electrons. The van der Waals surface area contributed by atoms with Gasteiger partial charge in [0, 0.05) is 15.9 Å². The third kappa shape index (κ3) is 6.02. The van der Waals surface area contributed by atoms with Crippen molar-refractivity contribution in [3.8, 4) is 17.2 Å². The summed E-state index contributed by atoms with van der Waals surface area (Å²) < 4.78 is 18.6. The van der Waals surface area contributed by atoms with E-state index in [9.17, 15) is 0 Å². The molecule has 3 aromatic rings. The molecule has 0 saturated heterocycles. The molecule has 0 aliphatic heterocycles. The van der Waals surface area contributed by atoms with Crippen LogP contribution in [0.2, 0.25) is 0 Å². The van der Waals surface area contributed by atoms with Crippen LogP contribution in [0.4, 0.5) is 0 Å². The lowest BCUT2D eigenvalue weighted by Crippen LogP contribution is -2.25. The Bertz CT molecular complexity index is 819. The molecule has 4 heteroatoms. The minimum Gasteiger partial charge on any atom is -0.493 e. The largest absolute Gasteiger partial charge is 0.493 e. The van der Waals surface area contributed by atoms with E-state index in [-0.39, 0.29) is 0 Å². The fraction of sp³-hybridized carbons (Fsp3) is 0.333. The summed E-state index contributed by atoms with van der Waals surface area (Å²) in [5.41, 5.74) is 0. The summed E-state index contributed by atoms with van der Waals surface area (Å²) in [6.45, 7) is 8.49. The van der Waals surface area contributed by atoms with Gasteiger partial charge in [-0.2, -0.15) is 0 Å². The molecule has 0 aliphatic carbocycles. The fourth-order valence-corrected chi connectivity index (χ4v) is 5.88. The summed E-state index contributed by atoms with van der Waals surface area (Å²) in [6.07, 6.45) is 2.91. The van der Waals surface area contributed by atoms with Gasteiger partial charge in [0.15, 0.2) is 0 Å². The van der Waals surface area contributed by atoms with Crippen LogP contribution in [-0.4, -0.2) is 19.8 Å². The van der Waals surface area contributed by atoms with Crippen molar-refractivity contribution in [3.63, 3.8) is 0 Å². The van der Waals surface area contributed by atoms with E-state index in [0.29, 0.717) is 19.8 Å². The van der Waals surface area contributed by atoms with E-state index < -0.39 is 7.92 Å². The van der Waals surface area contributed by atoms with Crippen molar-refractivity contribution in [3.05, 3.63) is 72.8 Å². The molecule has 0 spiro atoms. The first-order valence-corrected chi connectivity index (χ1v) is 12.6. The van der Waals surface area contributed by atoms with Crippen molar-refractivity contribution in [2.45, 2.75) is 40.0 Å². The number of benzene rings is 3. The van der Waals surface area contributed by atoms with Crippen LogP contribution in [0, 0.1) is 0 Å². The molecule has 0 atom stereocenters. The minimum absolute atomic E-state index is 0.697. The van der Waals surface area contributed by atoms with E-state index in [0.717, 1.165) is 36.5 Å². The predicted molar refractivity (Wildman–Crippen MR) is 133 cm³/mol. The lowest BCUT2D eigenvalue weighted by atomic mass is 10.3. The maximum Gasteiger partial charge on any atom is 0.127 e. The molecule has 0 bridgehead atoms. The summed E-state index contributed by atoms with van der Waals surface area (Å²) >= 11 is 0. The maximum absolute atomic E-state index is 6.19. The van der Waals surface area contributed by atoms with Crippen molar-refractivity contribution in [2.75, 3.05) is 19.8 Å². The van der Waals surface area contributed by atoms with Gasteiger partial charge < -0.3 is 14.2 Å². The molecule has 0 N–H and O–H groups in total. The molecule has 3 rings (SSSR count). The Hall–Kier alpha value is -2.51.